The van der Waals surface area contributed by atoms with Gasteiger partial charge in [-0.25, -0.2) is 0 Å². The number of benzene rings is 1. The van der Waals surface area contributed by atoms with E-state index in [0.29, 0.717) is 25.7 Å². The molecule has 1 N–H and O–H groups in total. The van der Waals surface area contributed by atoms with Crippen LogP contribution in [-0.4, -0.2) is 25.7 Å². The fourth-order valence-electron chi connectivity index (χ4n) is 0.898. The molecule has 3 nitrogen and oxygen atoms in total. The highest BCUT2D eigenvalue weighted by molar-refractivity contribution is 6.17. The van der Waals surface area contributed by atoms with E-state index >= 15 is 0 Å². The van der Waals surface area contributed by atoms with Gasteiger partial charge in [-0.15, -0.1) is 11.6 Å². The predicted molar refractivity (Wildman–Crippen MR) is 57.6 cm³/mol. The molecule has 0 atom stereocenters. The highest BCUT2D eigenvalue weighted by atomic mass is 35.5. The SMILES string of the molecule is ClCCOCCONc1ccccc1. The number of halogens is 1. The molecule has 4 heteroatoms. The van der Waals surface area contributed by atoms with Crippen LogP contribution < -0.4 is 5.48 Å². The summed E-state index contributed by atoms with van der Waals surface area (Å²) >= 11 is 5.43. The van der Waals surface area contributed by atoms with Crippen molar-refractivity contribution in [3.8, 4) is 0 Å². The Morgan fingerprint density at radius 1 is 1.07 bits per heavy atom. The van der Waals surface area contributed by atoms with Crippen molar-refractivity contribution in [2.75, 3.05) is 31.2 Å². The van der Waals surface area contributed by atoms with E-state index in [2.05, 4.69) is 5.48 Å². The molecule has 0 fully saturated rings. The lowest BCUT2D eigenvalue weighted by atomic mass is 10.3. The molecule has 0 spiro atoms. The smallest absolute Gasteiger partial charge is 0.0979 e. The first-order chi connectivity index (χ1) is 6.93. The minimum Gasteiger partial charge on any atom is -0.378 e. The second kappa shape index (κ2) is 7.62. The summed E-state index contributed by atoms with van der Waals surface area (Å²) in [6.45, 7) is 1.62. The Labute approximate surface area is 88.9 Å². The number of alkyl halides is 1. The average Bonchev–Trinajstić information content (AvgIpc) is 2.25. The van der Waals surface area contributed by atoms with E-state index in [4.69, 9.17) is 21.2 Å². The summed E-state index contributed by atoms with van der Waals surface area (Å²) in [5, 5.41) is 0. The lowest BCUT2D eigenvalue weighted by molar-refractivity contribution is 0.0774. The molecule has 1 rings (SSSR count). The second-order valence-electron chi connectivity index (χ2n) is 2.62. The van der Waals surface area contributed by atoms with Crippen LogP contribution in [0.4, 0.5) is 5.69 Å². The van der Waals surface area contributed by atoms with Crippen LogP contribution in [-0.2, 0) is 9.57 Å². The molecule has 0 aromatic heterocycles. The van der Waals surface area contributed by atoms with Gasteiger partial charge in [-0.2, -0.15) is 0 Å². The van der Waals surface area contributed by atoms with E-state index < -0.39 is 0 Å². The zero-order chi connectivity index (χ0) is 10.1. The first kappa shape index (κ1) is 11.3. The maximum atomic E-state index is 5.43. The molecule has 0 bridgehead atoms. The summed E-state index contributed by atoms with van der Waals surface area (Å²) in [4.78, 5) is 5.15. The lowest BCUT2D eigenvalue weighted by Gasteiger charge is -2.06. The monoisotopic (exact) mass is 215 g/mol. The number of anilines is 1. The van der Waals surface area contributed by atoms with Gasteiger partial charge in [0.1, 0.15) is 0 Å². The molecule has 14 heavy (non-hydrogen) atoms. The molecule has 0 aliphatic rings. The van der Waals surface area contributed by atoms with Crippen molar-refractivity contribution in [3.63, 3.8) is 0 Å². The number of para-hydroxylation sites is 1. The largest absolute Gasteiger partial charge is 0.378 e. The van der Waals surface area contributed by atoms with Crippen molar-refractivity contribution >= 4 is 17.3 Å². The third-order valence-electron chi connectivity index (χ3n) is 1.52. The second-order valence-corrected chi connectivity index (χ2v) is 3.00. The topological polar surface area (TPSA) is 30.5 Å². The van der Waals surface area contributed by atoms with Gasteiger partial charge in [0.2, 0.25) is 0 Å². The van der Waals surface area contributed by atoms with Crippen LogP contribution in [0, 0.1) is 0 Å². The van der Waals surface area contributed by atoms with Crippen LogP contribution >= 0.6 is 11.6 Å². The summed E-state index contributed by atoms with van der Waals surface area (Å²) in [6, 6.07) is 9.69. The zero-order valence-electron chi connectivity index (χ0n) is 7.91. The third kappa shape index (κ3) is 5.07. The molecule has 0 saturated heterocycles. The fraction of sp³-hybridized carbons (Fsp3) is 0.400. The average molecular weight is 216 g/mol. The number of ether oxygens (including phenoxy) is 1. The summed E-state index contributed by atoms with van der Waals surface area (Å²) in [5.74, 6) is 0.520. The third-order valence-corrected chi connectivity index (χ3v) is 1.67. The Bertz CT molecular complexity index is 231. The molecule has 0 saturated carbocycles. The van der Waals surface area contributed by atoms with Crippen LogP contribution in [0.5, 0.6) is 0 Å². The zero-order valence-corrected chi connectivity index (χ0v) is 8.67. The van der Waals surface area contributed by atoms with Gasteiger partial charge in [0, 0.05) is 5.88 Å². The van der Waals surface area contributed by atoms with Crippen LogP contribution in [0.1, 0.15) is 0 Å². The van der Waals surface area contributed by atoms with Gasteiger partial charge in [-0.3, -0.25) is 10.3 Å². The minimum absolute atomic E-state index is 0.506. The summed E-state index contributed by atoms with van der Waals surface area (Å²) in [7, 11) is 0. The summed E-state index contributed by atoms with van der Waals surface area (Å²) < 4.78 is 5.12. The van der Waals surface area contributed by atoms with Gasteiger partial charge in [0.25, 0.3) is 0 Å². The molecule has 0 amide bonds. The highest BCUT2D eigenvalue weighted by Crippen LogP contribution is 2.03. The number of rotatable bonds is 7. The van der Waals surface area contributed by atoms with Crippen molar-refractivity contribution in [2.45, 2.75) is 0 Å². The van der Waals surface area contributed by atoms with Crippen LogP contribution in [0.15, 0.2) is 30.3 Å². The molecule has 0 aliphatic heterocycles. The van der Waals surface area contributed by atoms with Crippen LogP contribution in [0.2, 0.25) is 0 Å². The van der Waals surface area contributed by atoms with Crippen molar-refractivity contribution in [1.29, 1.82) is 0 Å². The minimum atomic E-state index is 0.506. The maximum absolute atomic E-state index is 5.43. The molecular formula is C10H14ClNO2. The van der Waals surface area contributed by atoms with E-state index in [0.717, 1.165) is 5.69 Å². The Hall–Kier alpha value is -0.770. The van der Waals surface area contributed by atoms with Crippen LogP contribution in [0.25, 0.3) is 0 Å². The quantitative estimate of drug-likeness (QED) is 0.430. The molecule has 78 valence electrons. The number of hydrogen-bond donors (Lipinski definition) is 1. The van der Waals surface area contributed by atoms with E-state index in [9.17, 15) is 0 Å². The molecule has 0 heterocycles. The van der Waals surface area contributed by atoms with Crippen molar-refractivity contribution < 1.29 is 9.57 Å². The maximum Gasteiger partial charge on any atom is 0.0979 e. The first-order valence-corrected chi connectivity index (χ1v) is 5.03. The molecule has 0 radical (unpaired) electrons. The van der Waals surface area contributed by atoms with Gasteiger partial charge in [0.05, 0.1) is 25.5 Å². The molecule has 1 aromatic carbocycles. The number of hydrogen-bond acceptors (Lipinski definition) is 3. The van der Waals surface area contributed by atoms with Gasteiger partial charge >= 0.3 is 0 Å². The van der Waals surface area contributed by atoms with E-state index in [1.165, 1.54) is 0 Å². The standard InChI is InChI=1S/C10H14ClNO2/c11-6-7-13-8-9-14-12-10-4-2-1-3-5-10/h1-5,12H,6-9H2. The van der Waals surface area contributed by atoms with Crippen LogP contribution in [0.3, 0.4) is 0 Å². The van der Waals surface area contributed by atoms with Gasteiger partial charge in [0.15, 0.2) is 0 Å². The van der Waals surface area contributed by atoms with E-state index in [1.54, 1.807) is 0 Å². The fourth-order valence-corrected chi connectivity index (χ4v) is 1.01. The van der Waals surface area contributed by atoms with Crippen molar-refractivity contribution in [2.24, 2.45) is 0 Å². The summed E-state index contributed by atoms with van der Waals surface area (Å²) in [5.41, 5.74) is 3.74. The molecule has 0 unspecified atom stereocenters. The van der Waals surface area contributed by atoms with Gasteiger partial charge in [-0.05, 0) is 12.1 Å². The molecular weight excluding hydrogens is 202 g/mol. The Kier molecular flexibility index (Phi) is 6.15. The van der Waals surface area contributed by atoms with Gasteiger partial charge < -0.3 is 4.74 Å². The van der Waals surface area contributed by atoms with Crippen molar-refractivity contribution in [3.05, 3.63) is 30.3 Å². The first-order valence-electron chi connectivity index (χ1n) is 4.50. The summed E-state index contributed by atoms with van der Waals surface area (Å²) in [6.07, 6.45) is 0. The van der Waals surface area contributed by atoms with Crippen molar-refractivity contribution in [1.82, 2.24) is 0 Å². The van der Waals surface area contributed by atoms with Gasteiger partial charge in [-0.1, -0.05) is 18.2 Å². The molecule has 0 aliphatic carbocycles. The normalized spacial score (nSPS) is 10.1. The Morgan fingerprint density at radius 3 is 2.57 bits per heavy atom. The Morgan fingerprint density at radius 2 is 1.86 bits per heavy atom. The Balaban J connectivity index is 1.99. The van der Waals surface area contributed by atoms with E-state index in [1.807, 2.05) is 30.3 Å². The number of nitrogens with one attached hydrogen (secondary N) is 1. The lowest BCUT2D eigenvalue weighted by Crippen LogP contribution is -2.09. The highest BCUT2D eigenvalue weighted by Gasteiger charge is 1.90. The van der Waals surface area contributed by atoms with E-state index in [-0.39, 0.29) is 0 Å². The molecule has 1 aromatic rings. The predicted octanol–water partition coefficient (Wildman–Crippen LogP) is 2.29.